The van der Waals surface area contributed by atoms with Gasteiger partial charge in [-0.25, -0.2) is 9.78 Å². The van der Waals surface area contributed by atoms with Gasteiger partial charge in [-0.3, -0.25) is 0 Å². The number of carbonyl (C=O) groups is 1. The Labute approximate surface area is 234 Å². The van der Waals surface area contributed by atoms with Crippen LogP contribution in [0.2, 0.25) is 0 Å². The number of nitrogens with one attached hydrogen (secondary N) is 1. The number of ether oxygens (including phenoxy) is 3. The first-order chi connectivity index (χ1) is 19.9. The lowest BCUT2D eigenvalue weighted by molar-refractivity contribution is -0.275. The quantitative estimate of drug-likeness (QED) is 0.123. The van der Waals surface area contributed by atoms with Crippen molar-refractivity contribution in [2.24, 2.45) is 0 Å². The van der Waals surface area contributed by atoms with Crippen molar-refractivity contribution in [3.63, 3.8) is 0 Å². The van der Waals surface area contributed by atoms with Crippen molar-refractivity contribution in [3.8, 4) is 34.3 Å². The third-order valence-corrected chi connectivity index (χ3v) is 5.19. The third-order valence-electron chi connectivity index (χ3n) is 5.19. The molecule has 0 unspecified atom stereocenters. The fraction of sp³-hybridized carbons (Fsp3) is 0.143. The Balaban J connectivity index is 1.64. The first kappa shape index (κ1) is 29.8. The van der Waals surface area contributed by atoms with Gasteiger partial charge in [0.2, 0.25) is 5.95 Å². The van der Waals surface area contributed by atoms with E-state index in [4.69, 9.17) is 4.74 Å². The third kappa shape index (κ3) is 8.94. The van der Waals surface area contributed by atoms with E-state index in [1.54, 1.807) is 37.3 Å². The van der Waals surface area contributed by atoms with Crippen LogP contribution in [0, 0.1) is 0 Å². The molecule has 42 heavy (non-hydrogen) atoms. The van der Waals surface area contributed by atoms with Crippen molar-refractivity contribution in [2.75, 3.05) is 11.9 Å². The Hall–Kier alpha value is -5.14. The molecule has 0 spiro atoms. The Morgan fingerprint density at radius 2 is 1.21 bits per heavy atom. The number of aromatic nitrogens is 3. The number of anilines is 2. The number of benzene rings is 3. The van der Waals surface area contributed by atoms with Crippen LogP contribution in [-0.4, -0.2) is 40.3 Å². The fourth-order valence-electron chi connectivity index (χ4n) is 3.46. The zero-order chi connectivity index (χ0) is 30.3. The fourth-order valence-corrected chi connectivity index (χ4v) is 3.46. The number of hydrogen-bond acceptors (Lipinski definition) is 8. The van der Waals surface area contributed by atoms with Crippen LogP contribution >= 0.6 is 0 Å². The summed E-state index contributed by atoms with van der Waals surface area (Å²) in [5, 5.41) is 3.00. The summed E-state index contributed by atoms with van der Waals surface area (Å²) in [4.78, 5) is 24.6. The minimum atomic E-state index is -4.87. The summed E-state index contributed by atoms with van der Waals surface area (Å²) in [5.74, 6) is -1.22. The Kier molecular flexibility index (Phi) is 8.93. The second kappa shape index (κ2) is 12.6. The van der Waals surface area contributed by atoms with E-state index in [-0.39, 0.29) is 24.2 Å². The van der Waals surface area contributed by atoms with Crippen LogP contribution in [0.5, 0.6) is 11.5 Å². The average Bonchev–Trinajstić information content (AvgIpc) is 2.92. The standard InChI is InChI=1S/C28H20F6N4O4/c1-2-40-23(39)16-5-17-3-10-20(11-4-17)35-26-37-24(18-6-12-21(13-7-18)41-27(29,30)31)36-25(38-26)19-8-14-22(15-9-19)42-28(32,33)34/h3-16H,2H2,1H3,(H,35,36,37,38)/b16-5+. The van der Waals surface area contributed by atoms with E-state index in [1.807, 2.05) is 0 Å². The lowest BCUT2D eigenvalue weighted by Gasteiger charge is -2.12. The number of carbonyl (C=O) groups excluding carboxylic acids is 1. The number of nitrogens with zero attached hydrogens (tertiary/aromatic N) is 3. The van der Waals surface area contributed by atoms with E-state index in [1.165, 1.54) is 30.3 Å². The van der Waals surface area contributed by atoms with Gasteiger partial charge in [-0.15, -0.1) is 26.3 Å². The number of halogens is 6. The van der Waals surface area contributed by atoms with Gasteiger partial charge in [-0.2, -0.15) is 9.97 Å². The summed E-state index contributed by atoms with van der Waals surface area (Å²) in [6, 6.07) is 16.4. The van der Waals surface area contributed by atoms with E-state index in [9.17, 15) is 31.1 Å². The Bertz CT molecular complexity index is 1460. The van der Waals surface area contributed by atoms with Crippen LogP contribution in [0.4, 0.5) is 38.0 Å². The van der Waals surface area contributed by atoms with Gasteiger partial charge in [0.05, 0.1) is 6.61 Å². The molecule has 0 aliphatic rings. The maximum atomic E-state index is 12.6. The molecule has 1 N–H and O–H groups in total. The van der Waals surface area contributed by atoms with Crippen LogP contribution in [0.25, 0.3) is 28.9 Å². The molecule has 218 valence electrons. The second-order valence-electron chi connectivity index (χ2n) is 8.28. The van der Waals surface area contributed by atoms with Crippen LogP contribution in [0.3, 0.4) is 0 Å². The second-order valence-corrected chi connectivity index (χ2v) is 8.28. The van der Waals surface area contributed by atoms with E-state index < -0.39 is 30.2 Å². The molecule has 3 aromatic carbocycles. The van der Waals surface area contributed by atoms with Gasteiger partial charge in [0.25, 0.3) is 0 Å². The molecule has 0 amide bonds. The summed E-state index contributed by atoms with van der Waals surface area (Å²) < 4.78 is 88.0. The average molecular weight is 590 g/mol. The maximum absolute atomic E-state index is 12.6. The number of hydrogen-bond donors (Lipinski definition) is 1. The largest absolute Gasteiger partial charge is 0.573 e. The predicted octanol–water partition coefficient (Wildman–Crippen LogP) is 7.32. The lowest BCUT2D eigenvalue weighted by atomic mass is 10.2. The highest BCUT2D eigenvalue weighted by Gasteiger charge is 2.31. The number of esters is 1. The molecule has 4 rings (SSSR count). The summed E-state index contributed by atoms with van der Waals surface area (Å²) in [7, 11) is 0. The first-order valence-corrected chi connectivity index (χ1v) is 12.1. The molecule has 0 fully saturated rings. The highest BCUT2D eigenvalue weighted by Crippen LogP contribution is 2.29. The molecule has 0 bridgehead atoms. The van der Waals surface area contributed by atoms with Gasteiger partial charge in [0.15, 0.2) is 11.6 Å². The van der Waals surface area contributed by atoms with Gasteiger partial charge in [-0.05, 0) is 79.2 Å². The SMILES string of the molecule is CCOC(=O)/C=C/c1ccc(Nc2nc(-c3ccc(OC(F)(F)F)cc3)nc(-c3ccc(OC(F)(F)F)cc3)n2)cc1. The first-order valence-electron chi connectivity index (χ1n) is 12.1. The molecule has 1 aromatic heterocycles. The normalized spacial score (nSPS) is 11.8. The van der Waals surface area contributed by atoms with E-state index in [0.717, 1.165) is 24.3 Å². The van der Waals surface area contributed by atoms with E-state index in [2.05, 4.69) is 29.7 Å². The van der Waals surface area contributed by atoms with Crippen molar-refractivity contribution in [2.45, 2.75) is 19.6 Å². The smallest absolute Gasteiger partial charge is 0.463 e. The molecule has 14 heteroatoms. The monoisotopic (exact) mass is 590 g/mol. The minimum absolute atomic E-state index is 0.0380. The zero-order valence-electron chi connectivity index (χ0n) is 21.5. The molecule has 0 atom stereocenters. The van der Waals surface area contributed by atoms with Crippen molar-refractivity contribution in [1.82, 2.24) is 15.0 Å². The topological polar surface area (TPSA) is 95.5 Å². The van der Waals surface area contributed by atoms with Gasteiger partial charge in [-0.1, -0.05) is 12.1 Å². The Morgan fingerprint density at radius 3 is 1.64 bits per heavy atom. The molecule has 0 saturated heterocycles. The van der Waals surface area contributed by atoms with Crippen molar-refractivity contribution in [3.05, 3.63) is 84.4 Å². The highest BCUT2D eigenvalue weighted by atomic mass is 19.4. The van der Waals surface area contributed by atoms with Gasteiger partial charge in [0.1, 0.15) is 11.5 Å². The summed E-state index contributed by atoms with van der Waals surface area (Å²) in [5.41, 5.74) is 1.86. The molecule has 4 aromatic rings. The number of rotatable bonds is 9. The van der Waals surface area contributed by atoms with Crippen molar-refractivity contribution in [1.29, 1.82) is 0 Å². The summed E-state index contributed by atoms with van der Waals surface area (Å²) in [6.07, 6.45) is -6.89. The molecule has 8 nitrogen and oxygen atoms in total. The van der Waals surface area contributed by atoms with Gasteiger partial charge >= 0.3 is 18.7 Å². The van der Waals surface area contributed by atoms with Crippen molar-refractivity contribution >= 4 is 23.7 Å². The molecular weight excluding hydrogens is 570 g/mol. The highest BCUT2D eigenvalue weighted by molar-refractivity contribution is 5.87. The van der Waals surface area contributed by atoms with Crippen LogP contribution in [0.15, 0.2) is 78.9 Å². The van der Waals surface area contributed by atoms with Gasteiger partial charge in [0, 0.05) is 22.9 Å². The molecule has 0 aliphatic carbocycles. The Morgan fingerprint density at radius 1 is 0.738 bits per heavy atom. The molecule has 1 heterocycles. The summed E-state index contributed by atoms with van der Waals surface area (Å²) in [6.45, 7) is 1.94. The predicted molar refractivity (Wildman–Crippen MR) is 139 cm³/mol. The zero-order valence-corrected chi connectivity index (χ0v) is 21.5. The van der Waals surface area contributed by atoms with Crippen molar-refractivity contribution < 1.29 is 45.3 Å². The van der Waals surface area contributed by atoms with E-state index >= 15 is 0 Å². The van der Waals surface area contributed by atoms with Crippen LogP contribution in [0.1, 0.15) is 12.5 Å². The van der Waals surface area contributed by atoms with Crippen LogP contribution < -0.4 is 14.8 Å². The molecule has 0 saturated carbocycles. The maximum Gasteiger partial charge on any atom is 0.573 e. The minimum Gasteiger partial charge on any atom is -0.463 e. The van der Waals surface area contributed by atoms with Gasteiger partial charge < -0.3 is 19.5 Å². The molecular formula is C28H20F6N4O4. The van der Waals surface area contributed by atoms with E-state index in [0.29, 0.717) is 22.4 Å². The molecule has 0 aliphatic heterocycles. The number of alkyl halides is 6. The van der Waals surface area contributed by atoms with Crippen LogP contribution in [-0.2, 0) is 9.53 Å². The lowest BCUT2D eigenvalue weighted by Crippen LogP contribution is -2.17. The summed E-state index contributed by atoms with van der Waals surface area (Å²) >= 11 is 0. The molecule has 0 radical (unpaired) electrons.